The summed E-state index contributed by atoms with van der Waals surface area (Å²) in [7, 11) is 0. The molecule has 0 unspecified atom stereocenters. The molecule has 1 aromatic rings. The van der Waals surface area contributed by atoms with Crippen LogP contribution in [0.3, 0.4) is 0 Å². The van der Waals surface area contributed by atoms with E-state index in [1.54, 1.807) is 6.07 Å². The van der Waals surface area contributed by atoms with E-state index in [1.165, 1.54) is 18.2 Å². The molecule has 0 atom stereocenters. The van der Waals surface area contributed by atoms with Crippen LogP contribution in [-0.4, -0.2) is 11.4 Å². The molecule has 11 heavy (non-hydrogen) atoms. The van der Waals surface area contributed by atoms with E-state index in [-0.39, 0.29) is 16.9 Å². The van der Waals surface area contributed by atoms with E-state index in [0.29, 0.717) is 6.29 Å². The predicted molar refractivity (Wildman–Crippen MR) is 38.2 cm³/mol. The van der Waals surface area contributed by atoms with E-state index in [1.807, 2.05) is 0 Å². The number of carbonyl (C=O) groups is 1. The van der Waals surface area contributed by atoms with Crippen LogP contribution in [0.15, 0.2) is 18.2 Å². The van der Waals surface area contributed by atoms with Gasteiger partial charge in [0.15, 0.2) is 6.29 Å². The lowest BCUT2D eigenvalue weighted by molar-refractivity contribution is 0.112. The normalized spacial score (nSPS) is 8.64. The third kappa shape index (κ3) is 1.19. The highest BCUT2D eigenvalue weighted by Gasteiger charge is 2.04. The highest BCUT2D eigenvalue weighted by Crippen LogP contribution is 2.17. The summed E-state index contributed by atoms with van der Waals surface area (Å²) in [5.74, 6) is -0.155. The van der Waals surface area contributed by atoms with Crippen molar-refractivity contribution in [2.45, 2.75) is 0 Å². The Labute approximate surface area is 63.5 Å². The number of phenolic OH excluding ortho intramolecular Hbond substituents is 1. The monoisotopic (exact) mass is 147 g/mol. The average molecular weight is 147 g/mol. The third-order valence-corrected chi connectivity index (χ3v) is 1.31. The van der Waals surface area contributed by atoms with Crippen LogP contribution < -0.4 is 0 Å². The molecule has 0 saturated heterocycles. The van der Waals surface area contributed by atoms with E-state index in [4.69, 9.17) is 10.4 Å². The minimum atomic E-state index is -0.155. The van der Waals surface area contributed by atoms with E-state index in [2.05, 4.69) is 0 Å². The van der Waals surface area contributed by atoms with Gasteiger partial charge in [0.05, 0.1) is 0 Å². The lowest BCUT2D eigenvalue weighted by atomic mass is 10.1. The Balaban J connectivity index is 3.38. The number of hydrogen-bond donors (Lipinski definition) is 1. The highest BCUT2D eigenvalue weighted by atomic mass is 16.3. The zero-order valence-electron chi connectivity index (χ0n) is 5.61. The summed E-state index contributed by atoms with van der Waals surface area (Å²) in [6.07, 6.45) is 0.540. The van der Waals surface area contributed by atoms with Gasteiger partial charge in [-0.2, -0.15) is 5.26 Å². The molecule has 0 aliphatic rings. The molecule has 0 amide bonds. The van der Waals surface area contributed by atoms with Crippen molar-refractivity contribution in [2.24, 2.45) is 0 Å². The van der Waals surface area contributed by atoms with Crippen LogP contribution in [0.25, 0.3) is 0 Å². The van der Waals surface area contributed by atoms with E-state index < -0.39 is 0 Å². The topological polar surface area (TPSA) is 61.1 Å². The number of nitrogens with zero attached hydrogens (tertiary/aromatic N) is 1. The maximum absolute atomic E-state index is 10.3. The SMILES string of the molecule is N#Cc1c(O)cccc1C=O. The Morgan fingerprint density at radius 3 is 2.73 bits per heavy atom. The van der Waals surface area contributed by atoms with Crippen molar-refractivity contribution in [2.75, 3.05) is 0 Å². The summed E-state index contributed by atoms with van der Waals surface area (Å²) in [4.78, 5) is 10.3. The van der Waals surface area contributed by atoms with Crippen LogP contribution >= 0.6 is 0 Å². The minimum absolute atomic E-state index is 0.0301. The fourth-order valence-corrected chi connectivity index (χ4v) is 0.778. The summed E-state index contributed by atoms with van der Waals surface area (Å²) in [6.45, 7) is 0. The zero-order chi connectivity index (χ0) is 8.27. The number of aldehydes is 1. The molecule has 0 aliphatic heterocycles. The van der Waals surface area contributed by atoms with Crippen LogP contribution in [-0.2, 0) is 0 Å². The maximum atomic E-state index is 10.3. The summed E-state index contributed by atoms with van der Waals surface area (Å²) < 4.78 is 0. The molecule has 0 fully saturated rings. The summed E-state index contributed by atoms with van der Waals surface area (Å²) in [5.41, 5.74) is 0.245. The van der Waals surface area contributed by atoms with Gasteiger partial charge >= 0.3 is 0 Å². The molecule has 0 aliphatic carbocycles. The van der Waals surface area contributed by atoms with Gasteiger partial charge in [-0.25, -0.2) is 0 Å². The van der Waals surface area contributed by atoms with Gasteiger partial charge < -0.3 is 5.11 Å². The number of benzene rings is 1. The summed E-state index contributed by atoms with van der Waals surface area (Å²) >= 11 is 0. The van der Waals surface area contributed by atoms with Crippen LogP contribution in [0, 0.1) is 11.3 Å². The molecule has 0 aromatic heterocycles. The summed E-state index contributed by atoms with van der Waals surface area (Å²) in [6, 6.07) is 6.09. The number of carbonyl (C=O) groups excluding carboxylic acids is 1. The molecular weight excluding hydrogens is 142 g/mol. The number of rotatable bonds is 1. The average Bonchev–Trinajstić information content (AvgIpc) is 2.04. The van der Waals surface area contributed by atoms with Gasteiger partial charge in [0.1, 0.15) is 17.4 Å². The molecule has 1 aromatic carbocycles. The van der Waals surface area contributed by atoms with Gasteiger partial charge in [-0.3, -0.25) is 4.79 Å². The number of aromatic hydroxyl groups is 1. The molecule has 3 heteroatoms. The number of nitriles is 1. The maximum Gasteiger partial charge on any atom is 0.151 e. The quantitative estimate of drug-likeness (QED) is 0.604. The molecule has 0 spiro atoms. The molecule has 1 N–H and O–H groups in total. The predicted octanol–water partition coefficient (Wildman–Crippen LogP) is 1.08. The van der Waals surface area contributed by atoms with Crippen molar-refractivity contribution in [3.8, 4) is 11.8 Å². The van der Waals surface area contributed by atoms with Gasteiger partial charge in [0.2, 0.25) is 0 Å². The second kappa shape index (κ2) is 2.84. The van der Waals surface area contributed by atoms with Gasteiger partial charge in [0.25, 0.3) is 0 Å². The van der Waals surface area contributed by atoms with Gasteiger partial charge in [-0.15, -0.1) is 0 Å². The van der Waals surface area contributed by atoms with Crippen molar-refractivity contribution in [1.29, 1.82) is 5.26 Å². The second-order valence-corrected chi connectivity index (χ2v) is 1.97. The van der Waals surface area contributed by atoms with E-state index in [9.17, 15) is 4.79 Å². The zero-order valence-corrected chi connectivity index (χ0v) is 5.61. The van der Waals surface area contributed by atoms with Crippen LogP contribution in [0.2, 0.25) is 0 Å². The van der Waals surface area contributed by atoms with Crippen molar-refractivity contribution in [3.63, 3.8) is 0 Å². The van der Waals surface area contributed by atoms with Gasteiger partial charge in [-0.1, -0.05) is 12.1 Å². The Morgan fingerprint density at radius 1 is 1.55 bits per heavy atom. The van der Waals surface area contributed by atoms with Crippen LogP contribution in [0.4, 0.5) is 0 Å². The van der Waals surface area contributed by atoms with Crippen LogP contribution in [0.5, 0.6) is 5.75 Å². The second-order valence-electron chi connectivity index (χ2n) is 1.97. The van der Waals surface area contributed by atoms with Crippen molar-refractivity contribution in [3.05, 3.63) is 29.3 Å². The number of hydrogen-bond acceptors (Lipinski definition) is 3. The fourth-order valence-electron chi connectivity index (χ4n) is 0.778. The smallest absolute Gasteiger partial charge is 0.151 e. The lowest BCUT2D eigenvalue weighted by Crippen LogP contribution is -1.86. The molecule has 0 heterocycles. The van der Waals surface area contributed by atoms with E-state index in [0.717, 1.165) is 0 Å². The van der Waals surface area contributed by atoms with Crippen molar-refractivity contribution in [1.82, 2.24) is 0 Å². The summed E-state index contributed by atoms with van der Waals surface area (Å²) in [5, 5.41) is 17.5. The Morgan fingerprint density at radius 2 is 2.27 bits per heavy atom. The van der Waals surface area contributed by atoms with Gasteiger partial charge in [0, 0.05) is 5.56 Å². The molecular formula is C8H5NO2. The van der Waals surface area contributed by atoms with Gasteiger partial charge in [-0.05, 0) is 6.07 Å². The first-order valence-electron chi connectivity index (χ1n) is 2.97. The van der Waals surface area contributed by atoms with E-state index >= 15 is 0 Å². The Hall–Kier alpha value is -1.82. The third-order valence-electron chi connectivity index (χ3n) is 1.31. The first kappa shape index (κ1) is 7.29. The largest absolute Gasteiger partial charge is 0.507 e. The highest BCUT2D eigenvalue weighted by molar-refractivity contribution is 5.80. The molecule has 0 radical (unpaired) electrons. The lowest BCUT2D eigenvalue weighted by Gasteiger charge is -1.96. The van der Waals surface area contributed by atoms with Crippen molar-refractivity contribution < 1.29 is 9.90 Å². The molecule has 0 bridgehead atoms. The van der Waals surface area contributed by atoms with Crippen molar-refractivity contribution >= 4 is 6.29 Å². The molecule has 54 valence electrons. The molecule has 1 rings (SSSR count). The Kier molecular flexibility index (Phi) is 1.88. The first-order chi connectivity index (χ1) is 5.29. The first-order valence-corrected chi connectivity index (χ1v) is 2.97. The van der Waals surface area contributed by atoms with Crippen LogP contribution in [0.1, 0.15) is 15.9 Å². The number of phenols is 1. The molecule has 0 saturated carbocycles. The Bertz CT molecular complexity index is 325. The standard InChI is InChI=1S/C8H5NO2/c9-4-7-6(5-10)2-1-3-8(7)11/h1-3,5,11H. The fraction of sp³-hybridized carbons (Fsp3) is 0. The minimum Gasteiger partial charge on any atom is -0.507 e. The molecule has 3 nitrogen and oxygen atoms in total.